The third-order valence-corrected chi connectivity index (χ3v) is 3.17. The Morgan fingerprint density at radius 3 is 2.59 bits per heavy atom. The molecule has 0 aromatic heterocycles. The van der Waals surface area contributed by atoms with Crippen molar-refractivity contribution in [1.82, 2.24) is 0 Å². The minimum atomic E-state index is 0.874. The van der Waals surface area contributed by atoms with Gasteiger partial charge in [-0.25, -0.2) is 0 Å². The first-order valence-electron chi connectivity index (χ1n) is 6.00. The molecule has 88 valence electrons. The van der Waals surface area contributed by atoms with E-state index in [0.29, 0.717) is 0 Å². The lowest BCUT2D eigenvalue weighted by molar-refractivity contribution is 0.417. The fourth-order valence-electron chi connectivity index (χ4n) is 2.28. The smallest absolute Gasteiger partial charge is 0.144 e. The van der Waals surface area contributed by atoms with Gasteiger partial charge in [0, 0.05) is 0 Å². The number of para-hydroxylation sites is 1. The SMILES string of the molecule is COc1cccc2c1NC1=CCCCC=C1N2. The average molecular weight is 228 g/mol. The summed E-state index contributed by atoms with van der Waals surface area (Å²) < 4.78 is 5.37. The Bertz CT molecular complexity index is 503. The third kappa shape index (κ3) is 1.78. The third-order valence-electron chi connectivity index (χ3n) is 3.17. The van der Waals surface area contributed by atoms with Gasteiger partial charge in [0.2, 0.25) is 0 Å². The molecule has 0 spiro atoms. The number of allylic oxidation sites excluding steroid dienone is 2. The maximum absolute atomic E-state index is 5.37. The monoisotopic (exact) mass is 228 g/mol. The zero-order chi connectivity index (χ0) is 11.7. The number of hydrogen-bond acceptors (Lipinski definition) is 3. The van der Waals surface area contributed by atoms with Crippen molar-refractivity contribution in [1.29, 1.82) is 0 Å². The van der Waals surface area contributed by atoms with E-state index in [1.165, 1.54) is 17.8 Å². The molecular weight excluding hydrogens is 212 g/mol. The van der Waals surface area contributed by atoms with Crippen molar-refractivity contribution in [3.63, 3.8) is 0 Å². The molecule has 0 saturated heterocycles. The van der Waals surface area contributed by atoms with Gasteiger partial charge in [0.1, 0.15) is 11.4 Å². The number of benzene rings is 1. The van der Waals surface area contributed by atoms with Crippen LogP contribution >= 0.6 is 0 Å². The summed E-state index contributed by atoms with van der Waals surface area (Å²) in [5.41, 5.74) is 4.46. The second-order valence-corrected chi connectivity index (χ2v) is 4.30. The highest BCUT2D eigenvalue weighted by atomic mass is 16.5. The minimum absolute atomic E-state index is 0.874. The molecule has 0 atom stereocenters. The summed E-state index contributed by atoms with van der Waals surface area (Å²) in [7, 11) is 1.70. The van der Waals surface area contributed by atoms with Crippen LogP contribution in [0.5, 0.6) is 5.75 Å². The maximum Gasteiger partial charge on any atom is 0.144 e. The molecule has 2 aliphatic rings. The molecule has 17 heavy (non-hydrogen) atoms. The highest BCUT2D eigenvalue weighted by Crippen LogP contribution is 2.39. The molecule has 0 bridgehead atoms. The Kier molecular flexibility index (Phi) is 2.52. The molecule has 1 aliphatic carbocycles. The van der Waals surface area contributed by atoms with Gasteiger partial charge in [-0.1, -0.05) is 18.2 Å². The summed E-state index contributed by atoms with van der Waals surface area (Å²) in [6.45, 7) is 0. The van der Waals surface area contributed by atoms with E-state index in [1.54, 1.807) is 7.11 Å². The Balaban J connectivity index is 2.06. The molecule has 0 fully saturated rings. The van der Waals surface area contributed by atoms with Crippen molar-refractivity contribution in [2.75, 3.05) is 17.7 Å². The molecule has 0 saturated carbocycles. The number of methoxy groups -OCH3 is 1. The summed E-state index contributed by atoms with van der Waals surface area (Å²) in [4.78, 5) is 0. The van der Waals surface area contributed by atoms with Gasteiger partial charge in [0.05, 0.1) is 24.2 Å². The van der Waals surface area contributed by atoms with E-state index in [0.717, 1.165) is 30.0 Å². The van der Waals surface area contributed by atoms with Crippen molar-refractivity contribution in [2.45, 2.75) is 19.3 Å². The van der Waals surface area contributed by atoms with Gasteiger partial charge in [-0.15, -0.1) is 0 Å². The Labute approximate surface area is 101 Å². The highest BCUT2D eigenvalue weighted by Gasteiger charge is 2.19. The maximum atomic E-state index is 5.37. The van der Waals surface area contributed by atoms with Crippen molar-refractivity contribution in [2.24, 2.45) is 0 Å². The normalized spacial score (nSPS) is 17.5. The van der Waals surface area contributed by atoms with E-state index in [-0.39, 0.29) is 0 Å². The van der Waals surface area contributed by atoms with Gasteiger partial charge in [0.15, 0.2) is 0 Å². The lowest BCUT2D eigenvalue weighted by atomic mass is 10.1. The fraction of sp³-hybridized carbons (Fsp3) is 0.286. The molecule has 3 heteroatoms. The Hall–Kier alpha value is -1.90. The van der Waals surface area contributed by atoms with Gasteiger partial charge in [-0.2, -0.15) is 0 Å². The highest BCUT2D eigenvalue weighted by molar-refractivity contribution is 5.83. The van der Waals surface area contributed by atoms with Crippen LogP contribution in [-0.4, -0.2) is 7.11 Å². The zero-order valence-electron chi connectivity index (χ0n) is 9.92. The number of hydrogen-bond donors (Lipinski definition) is 2. The Morgan fingerprint density at radius 1 is 1.06 bits per heavy atom. The van der Waals surface area contributed by atoms with E-state index in [2.05, 4.69) is 28.9 Å². The first-order chi connectivity index (χ1) is 8.38. The van der Waals surface area contributed by atoms with E-state index in [9.17, 15) is 0 Å². The number of nitrogens with one attached hydrogen (secondary N) is 2. The summed E-state index contributed by atoms with van der Waals surface area (Å²) in [5.74, 6) is 0.874. The summed E-state index contributed by atoms with van der Waals surface area (Å²) in [6, 6.07) is 6.03. The van der Waals surface area contributed by atoms with Crippen LogP contribution in [0.2, 0.25) is 0 Å². The number of fused-ring (bicyclic) bond motifs is 2. The molecule has 1 aromatic carbocycles. The van der Waals surface area contributed by atoms with Gasteiger partial charge in [-0.05, 0) is 31.4 Å². The second kappa shape index (κ2) is 4.17. The lowest BCUT2D eigenvalue weighted by Crippen LogP contribution is -2.17. The first-order valence-corrected chi connectivity index (χ1v) is 6.00. The predicted octanol–water partition coefficient (Wildman–Crippen LogP) is 3.48. The molecule has 3 rings (SSSR count). The van der Waals surface area contributed by atoms with Crippen molar-refractivity contribution in [3.8, 4) is 5.75 Å². The molecular formula is C14H16N2O. The Morgan fingerprint density at radius 2 is 1.82 bits per heavy atom. The molecule has 3 nitrogen and oxygen atoms in total. The number of rotatable bonds is 1. The molecule has 0 unspecified atom stereocenters. The lowest BCUT2D eigenvalue weighted by Gasteiger charge is -2.26. The van der Waals surface area contributed by atoms with Crippen LogP contribution in [0.4, 0.5) is 11.4 Å². The summed E-state index contributed by atoms with van der Waals surface area (Å²) >= 11 is 0. The molecule has 2 N–H and O–H groups in total. The van der Waals surface area contributed by atoms with Crippen molar-refractivity contribution in [3.05, 3.63) is 41.7 Å². The molecule has 1 aromatic rings. The van der Waals surface area contributed by atoms with Crippen LogP contribution in [-0.2, 0) is 0 Å². The fourth-order valence-corrected chi connectivity index (χ4v) is 2.28. The van der Waals surface area contributed by atoms with Gasteiger partial charge >= 0.3 is 0 Å². The zero-order valence-corrected chi connectivity index (χ0v) is 9.92. The van der Waals surface area contributed by atoms with Crippen LogP contribution in [0.3, 0.4) is 0 Å². The molecule has 1 aliphatic heterocycles. The van der Waals surface area contributed by atoms with Gasteiger partial charge in [0.25, 0.3) is 0 Å². The number of ether oxygens (including phenoxy) is 1. The van der Waals surface area contributed by atoms with E-state index in [4.69, 9.17) is 4.74 Å². The van der Waals surface area contributed by atoms with E-state index in [1.807, 2.05) is 12.1 Å². The van der Waals surface area contributed by atoms with Gasteiger partial charge < -0.3 is 15.4 Å². The standard InChI is InChI=1S/C14H16N2O/c1-17-13-9-5-8-12-14(13)16-11-7-4-2-3-6-10(11)15-12/h5-9,15-16H,2-4H2,1H3. The predicted molar refractivity (Wildman–Crippen MR) is 70.3 cm³/mol. The van der Waals surface area contributed by atoms with Crippen LogP contribution < -0.4 is 15.4 Å². The van der Waals surface area contributed by atoms with Gasteiger partial charge in [-0.3, -0.25) is 0 Å². The largest absolute Gasteiger partial charge is 0.494 e. The van der Waals surface area contributed by atoms with Crippen LogP contribution in [0.15, 0.2) is 41.7 Å². The van der Waals surface area contributed by atoms with Crippen LogP contribution in [0, 0.1) is 0 Å². The average Bonchev–Trinajstić information content (AvgIpc) is 2.60. The first kappa shape index (κ1) is 10.3. The number of anilines is 2. The van der Waals surface area contributed by atoms with E-state index >= 15 is 0 Å². The van der Waals surface area contributed by atoms with Crippen LogP contribution in [0.25, 0.3) is 0 Å². The van der Waals surface area contributed by atoms with Crippen molar-refractivity contribution >= 4 is 11.4 Å². The van der Waals surface area contributed by atoms with E-state index < -0.39 is 0 Å². The molecule has 0 amide bonds. The van der Waals surface area contributed by atoms with Crippen molar-refractivity contribution < 1.29 is 4.74 Å². The summed E-state index contributed by atoms with van der Waals surface area (Å²) in [6.07, 6.45) is 7.97. The topological polar surface area (TPSA) is 33.3 Å². The minimum Gasteiger partial charge on any atom is -0.494 e. The quantitative estimate of drug-likeness (QED) is 0.772. The molecule has 0 radical (unpaired) electrons. The molecule has 1 heterocycles. The second-order valence-electron chi connectivity index (χ2n) is 4.30. The summed E-state index contributed by atoms with van der Waals surface area (Å²) in [5, 5.41) is 6.93. The van der Waals surface area contributed by atoms with Crippen LogP contribution in [0.1, 0.15) is 19.3 Å².